The van der Waals surface area contributed by atoms with Gasteiger partial charge in [-0.05, 0) is 28.9 Å². The summed E-state index contributed by atoms with van der Waals surface area (Å²) >= 11 is 3.28. The van der Waals surface area contributed by atoms with E-state index in [1.807, 2.05) is 6.92 Å². The molecule has 11 heteroatoms. The molecule has 0 radical (unpaired) electrons. The van der Waals surface area contributed by atoms with Crippen LogP contribution >= 0.6 is 15.9 Å². The van der Waals surface area contributed by atoms with Crippen LogP contribution in [0.15, 0.2) is 50.7 Å². The molecule has 0 aliphatic heterocycles. The summed E-state index contributed by atoms with van der Waals surface area (Å²) in [6, 6.07) is 5.40. The smallest absolute Gasteiger partial charge is 0.309 e. The van der Waals surface area contributed by atoms with E-state index in [1.165, 1.54) is 35.9 Å². The van der Waals surface area contributed by atoms with E-state index in [0.717, 1.165) is 4.57 Å². The van der Waals surface area contributed by atoms with E-state index in [0.29, 0.717) is 11.3 Å². The molecule has 2 heterocycles. The average molecular weight is 462 g/mol. The number of allylic oxidation sites excluding steroid dienone is 2. The Morgan fingerprint density at radius 1 is 1.28 bits per heavy atom. The molecule has 150 valence electrons. The first-order chi connectivity index (χ1) is 13.8. The van der Waals surface area contributed by atoms with Crippen molar-refractivity contribution in [2.45, 2.75) is 20.0 Å². The molecule has 0 spiro atoms. The number of rotatable bonds is 6. The molecule has 2 aromatic heterocycles. The van der Waals surface area contributed by atoms with Gasteiger partial charge < -0.3 is 4.57 Å². The summed E-state index contributed by atoms with van der Waals surface area (Å²) in [5, 5.41) is 11.2. The molecule has 0 bridgehead atoms. The van der Waals surface area contributed by atoms with Gasteiger partial charge in [-0.1, -0.05) is 24.3 Å². The number of Topliss-reactive ketones (excluding diaryl/α,β-unsaturated/α-hetero) is 1. The number of hydrogen-bond donors (Lipinski definition) is 0. The number of carbonyl (C=O) groups excluding carboxylic acids is 1. The van der Waals surface area contributed by atoms with Crippen molar-refractivity contribution in [3.05, 3.63) is 77.7 Å². The monoisotopic (exact) mass is 461 g/mol. The van der Waals surface area contributed by atoms with Gasteiger partial charge in [0.1, 0.15) is 0 Å². The van der Waals surface area contributed by atoms with Crippen LogP contribution in [-0.4, -0.2) is 29.4 Å². The number of imidazole rings is 1. The maximum Gasteiger partial charge on any atom is 0.332 e. The Bertz CT molecular complexity index is 1280. The van der Waals surface area contributed by atoms with Gasteiger partial charge in [0.05, 0.1) is 17.0 Å². The first-order valence-corrected chi connectivity index (χ1v) is 9.30. The minimum Gasteiger partial charge on any atom is -0.309 e. The van der Waals surface area contributed by atoms with Gasteiger partial charge in [0.2, 0.25) is 0 Å². The highest BCUT2D eigenvalue weighted by Crippen LogP contribution is 2.19. The zero-order valence-corrected chi connectivity index (χ0v) is 17.1. The molecule has 1 aromatic carbocycles. The van der Waals surface area contributed by atoms with E-state index in [2.05, 4.69) is 20.9 Å². The van der Waals surface area contributed by atoms with Crippen LogP contribution in [0.25, 0.3) is 11.2 Å². The predicted octanol–water partition coefficient (Wildman–Crippen LogP) is 2.03. The molecule has 0 saturated carbocycles. The average Bonchev–Trinajstić information content (AvgIpc) is 3.04. The molecule has 0 aliphatic rings. The van der Waals surface area contributed by atoms with E-state index in [1.54, 1.807) is 16.7 Å². The van der Waals surface area contributed by atoms with Crippen molar-refractivity contribution >= 4 is 38.6 Å². The van der Waals surface area contributed by atoms with Crippen molar-refractivity contribution < 1.29 is 9.72 Å². The van der Waals surface area contributed by atoms with Crippen molar-refractivity contribution in [2.75, 3.05) is 0 Å². The Morgan fingerprint density at radius 2 is 1.97 bits per heavy atom. The second-order valence-corrected chi connectivity index (χ2v) is 6.87. The second kappa shape index (κ2) is 7.95. The molecule has 29 heavy (non-hydrogen) atoms. The lowest BCUT2D eigenvalue weighted by atomic mass is 10.1. The third-order valence-corrected chi connectivity index (χ3v) is 5.02. The number of benzene rings is 1. The van der Waals surface area contributed by atoms with Crippen molar-refractivity contribution in [2.24, 2.45) is 7.05 Å². The van der Waals surface area contributed by atoms with Gasteiger partial charge in [0, 0.05) is 19.7 Å². The van der Waals surface area contributed by atoms with Crippen LogP contribution in [-0.2, 0) is 20.1 Å². The maximum atomic E-state index is 13.0. The lowest BCUT2D eigenvalue weighted by molar-refractivity contribution is -0.385. The normalized spacial score (nSPS) is 11.4. The van der Waals surface area contributed by atoms with E-state index in [9.17, 15) is 24.5 Å². The van der Waals surface area contributed by atoms with E-state index in [4.69, 9.17) is 0 Å². The quantitative estimate of drug-likeness (QED) is 0.182. The number of ketones is 1. The number of hydrogen-bond acceptors (Lipinski definition) is 6. The van der Waals surface area contributed by atoms with Crippen LogP contribution in [0.2, 0.25) is 0 Å². The van der Waals surface area contributed by atoms with Crippen molar-refractivity contribution in [1.82, 2.24) is 18.7 Å². The fourth-order valence-electron chi connectivity index (χ4n) is 2.96. The van der Waals surface area contributed by atoms with Gasteiger partial charge >= 0.3 is 5.69 Å². The van der Waals surface area contributed by atoms with Gasteiger partial charge in [-0.3, -0.25) is 28.8 Å². The predicted molar refractivity (Wildman–Crippen MR) is 109 cm³/mol. The topological polar surface area (TPSA) is 122 Å². The number of aromatic nitrogens is 4. The first kappa shape index (κ1) is 20.4. The first-order valence-electron chi connectivity index (χ1n) is 8.51. The van der Waals surface area contributed by atoms with Crippen LogP contribution in [0.5, 0.6) is 0 Å². The van der Waals surface area contributed by atoms with Gasteiger partial charge in [-0.15, -0.1) is 0 Å². The largest absolute Gasteiger partial charge is 0.332 e. The molecular formula is C18H16BrN5O5. The fraction of sp³-hybridized carbons (Fsp3) is 0.222. The number of nitrogens with zero attached hydrogens (tertiary/aromatic N) is 5. The van der Waals surface area contributed by atoms with Crippen molar-refractivity contribution in [3.63, 3.8) is 0 Å². The van der Waals surface area contributed by atoms with E-state index >= 15 is 0 Å². The molecule has 0 amide bonds. The lowest BCUT2D eigenvalue weighted by Crippen LogP contribution is -2.41. The summed E-state index contributed by atoms with van der Waals surface area (Å²) in [6.07, 6.45) is 3.61. The number of carbonyl (C=O) groups is 1. The number of aryl methyl sites for hydroxylation is 1. The number of nitro groups is 1. The minimum absolute atomic E-state index is 0.146. The Kier molecular flexibility index (Phi) is 5.59. The highest BCUT2D eigenvalue weighted by atomic mass is 79.9. The Morgan fingerprint density at radius 3 is 2.62 bits per heavy atom. The molecule has 0 N–H and O–H groups in total. The van der Waals surface area contributed by atoms with Crippen molar-refractivity contribution in [3.8, 4) is 0 Å². The number of nitro benzene ring substituents is 1. The number of fused-ring (bicyclic) bond motifs is 1. The standard InChI is InChI=1S/C18H16BrN5O5/c1-3-4-9-22-14-15(20-17(22)19)21(2)18(27)23(16(14)26)10-13(25)11-7-5-6-8-12(11)24(28)29/h3-8H,9-10H2,1-2H3/b4-3+. The van der Waals surface area contributed by atoms with Gasteiger partial charge in [0.15, 0.2) is 21.7 Å². The summed E-state index contributed by atoms with van der Waals surface area (Å²) in [5.74, 6) is -0.713. The van der Waals surface area contributed by atoms with Crippen LogP contribution in [0.4, 0.5) is 5.69 Å². The van der Waals surface area contributed by atoms with Crippen LogP contribution in [0, 0.1) is 10.1 Å². The van der Waals surface area contributed by atoms with Gasteiger partial charge in [-0.25, -0.2) is 9.78 Å². The third-order valence-electron chi connectivity index (χ3n) is 4.41. The zero-order valence-electron chi connectivity index (χ0n) is 15.5. The Labute approximate surface area is 172 Å². The summed E-state index contributed by atoms with van der Waals surface area (Å²) in [4.78, 5) is 53.2. The molecular weight excluding hydrogens is 446 g/mol. The molecule has 10 nitrogen and oxygen atoms in total. The second-order valence-electron chi connectivity index (χ2n) is 6.16. The Balaban J connectivity index is 2.18. The van der Waals surface area contributed by atoms with E-state index in [-0.39, 0.29) is 22.4 Å². The Hall–Kier alpha value is -3.34. The highest BCUT2D eigenvalue weighted by molar-refractivity contribution is 9.10. The zero-order chi connectivity index (χ0) is 21.3. The molecule has 3 aromatic rings. The highest BCUT2D eigenvalue weighted by Gasteiger charge is 2.23. The molecule has 0 aliphatic carbocycles. The third kappa shape index (κ3) is 3.56. The SMILES string of the molecule is C/C=C/Cn1c(Br)nc2c1c(=O)n(CC(=O)c1ccccc1[N+](=O)[O-])c(=O)n2C. The summed E-state index contributed by atoms with van der Waals surface area (Å²) in [6.45, 7) is 1.53. The molecule has 0 atom stereocenters. The molecule has 3 rings (SSSR count). The summed E-state index contributed by atoms with van der Waals surface area (Å²) < 4.78 is 3.87. The number of halogens is 1. The van der Waals surface area contributed by atoms with Crippen LogP contribution < -0.4 is 11.2 Å². The minimum atomic E-state index is -0.738. The van der Waals surface area contributed by atoms with Gasteiger partial charge in [0.25, 0.3) is 11.2 Å². The molecule has 0 unspecified atom stereocenters. The van der Waals surface area contributed by atoms with Crippen LogP contribution in [0.3, 0.4) is 0 Å². The summed E-state index contributed by atoms with van der Waals surface area (Å²) in [7, 11) is 1.44. The van der Waals surface area contributed by atoms with Gasteiger partial charge in [-0.2, -0.15) is 0 Å². The lowest BCUT2D eigenvalue weighted by Gasteiger charge is -2.09. The maximum absolute atomic E-state index is 13.0. The molecule has 0 fully saturated rings. The summed E-state index contributed by atoms with van der Waals surface area (Å²) in [5.41, 5.74) is -1.67. The fourth-order valence-corrected chi connectivity index (χ4v) is 3.45. The van der Waals surface area contributed by atoms with Crippen molar-refractivity contribution in [1.29, 1.82) is 0 Å². The molecule has 0 saturated heterocycles. The van der Waals surface area contributed by atoms with E-state index < -0.39 is 28.5 Å². The number of para-hydroxylation sites is 1. The van der Waals surface area contributed by atoms with Crippen LogP contribution in [0.1, 0.15) is 17.3 Å².